The number of amides is 3. The number of ether oxygens (including phenoxy) is 1. The van der Waals surface area contributed by atoms with Crippen molar-refractivity contribution in [1.82, 2.24) is 16.0 Å². The summed E-state index contributed by atoms with van der Waals surface area (Å²) in [5.74, 6) is -1.68. The van der Waals surface area contributed by atoms with Gasteiger partial charge in [-0.1, -0.05) is 30.3 Å². The molecule has 0 saturated carbocycles. The Bertz CT molecular complexity index is 695. The first-order chi connectivity index (χ1) is 13.3. The molecule has 0 aliphatic carbocycles. The van der Waals surface area contributed by atoms with Gasteiger partial charge in [-0.25, -0.2) is 0 Å². The number of nitrogens with two attached hydrogens (primary N) is 1. The Morgan fingerprint density at radius 1 is 1.11 bits per heavy atom. The molecule has 0 heterocycles. The Labute approximate surface area is 163 Å². The van der Waals surface area contributed by atoms with Gasteiger partial charge >= 0.3 is 0 Å². The normalized spacial score (nSPS) is 14.4. The number of carbonyl (C=O) groups excluding carboxylic acids is 3. The molecule has 0 fully saturated rings. The van der Waals surface area contributed by atoms with E-state index in [-0.39, 0.29) is 19.1 Å². The number of hydrogen-bond donors (Lipinski definition) is 4. The van der Waals surface area contributed by atoms with E-state index in [9.17, 15) is 19.5 Å². The lowest BCUT2D eigenvalue weighted by Crippen LogP contribution is -2.56. The fourth-order valence-electron chi connectivity index (χ4n) is 2.09. The third kappa shape index (κ3) is 7.62. The van der Waals surface area contributed by atoms with Crippen LogP contribution in [0.1, 0.15) is 19.4 Å². The predicted molar refractivity (Wildman–Crippen MR) is 101 cm³/mol. The van der Waals surface area contributed by atoms with E-state index in [0.29, 0.717) is 0 Å². The first-order valence-corrected chi connectivity index (χ1v) is 8.72. The van der Waals surface area contributed by atoms with Crippen LogP contribution in [0, 0.1) is 0 Å². The molecule has 1 aromatic carbocycles. The van der Waals surface area contributed by atoms with E-state index in [1.54, 1.807) is 24.3 Å². The largest absolute Gasteiger partial charge is 0.596 e. The zero-order valence-electron chi connectivity index (χ0n) is 16.1. The molecule has 154 valence electrons. The standard InChI is InChI=1S/C18H27N5O5/c1-11(15(24)20-3)21-17(26)14(9-19)23-16(25)12(2)22-18(27)28-10-13-7-5-4-6-8-13/h4-8,11-12,14H,9-10,19H2,1-3H3,(H,20,24)(H,21,26)(H,22,27)(H,23,25)/p-1. The minimum absolute atomic E-state index is 0.0305. The van der Waals surface area contributed by atoms with Crippen LogP contribution < -0.4 is 26.8 Å². The smallest absolute Gasteiger partial charge is 0.245 e. The van der Waals surface area contributed by atoms with Gasteiger partial charge in [0, 0.05) is 20.2 Å². The molecule has 0 spiro atoms. The highest BCUT2D eigenvalue weighted by Gasteiger charge is 2.24. The number of nitrogens with zero attached hydrogens (tertiary/aromatic N) is 1. The second-order valence-electron chi connectivity index (χ2n) is 5.99. The van der Waals surface area contributed by atoms with E-state index in [4.69, 9.17) is 10.5 Å². The van der Waals surface area contributed by atoms with Gasteiger partial charge in [0.15, 0.2) is 0 Å². The molecule has 28 heavy (non-hydrogen) atoms. The lowest BCUT2D eigenvalue weighted by molar-refractivity contribution is -0.252. The van der Waals surface area contributed by atoms with Crippen molar-refractivity contribution in [2.24, 2.45) is 10.7 Å². The molecule has 10 nitrogen and oxygen atoms in total. The van der Waals surface area contributed by atoms with E-state index in [1.165, 1.54) is 20.9 Å². The van der Waals surface area contributed by atoms with Gasteiger partial charge in [-0.2, -0.15) is 0 Å². The number of hydrogen-bond acceptors (Lipinski definition) is 7. The summed E-state index contributed by atoms with van der Waals surface area (Å²) in [6.07, 6.45) is -0.895. The third-order valence-electron chi connectivity index (χ3n) is 3.75. The highest BCUT2D eigenvalue weighted by atomic mass is 16.6. The van der Waals surface area contributed by atoms with Gasteiger partial charge < -0.3 is 31.5 Å². The number of benzene rings is 1. The monoisotopic (exact) mass is 392 g/mol. The van der Waals surface area contributed by atoms with Crippen LogP contribution in [0.15, 0.2) is 35.3 Å². The third-order valence-corrected chi connectivity index (χ3v) is 3.75. The SMILES string of the molecule is CNC(=O)C(C)NC(=O)C(CN)NC(=O)C(C)N=C([O-])OCc1ccccc1. The highest BCUT2D eigenvalue weighted by Crippen LogP contribution is 2.01. The Hall–Kier alpha value is -3.14. The second-order valence-corrected chi connectivity index (χ2v) is 5.99. The minimum Gasteiger partial charge on any atom is -0.596 e. The lowest BCUT2D eigenvalue weighted by Gasteiger charge is -2.21. The summed E-state index contributed by atoms with van der Waals surface area (Å²) in [7, 11) is 1.44. The number of aliphatic imine (C=N–C) groups is 1. The van der Waals surface area contributed by atoms with Crippen molar-refractivity contribution in [2.75, 3.05) is 13.6 Å². The van der Waals surface area contributed by atoms with Crippen molar-refractivity contribution < 1.29 is 24.2 Å². The predicted octanol–water partition coefficient (Wildman–Crippen LogP) is -2.00. The van der Waals surface area contributed by atoms with Crippen LogP contribution in [0.3, 0.4) is 0 Å². The van der Waals surface area contributed by atoms with Crippen LogP contribution in [-0.2, 0) is 25.7 Å². The maximum absolute atomic E-state index is 12.2. The van der Waals surface area contributed by atoms with Crippen molar-refractivity contribution in [3.8, 4) is 0 Å². The van der Waals surface area contributed by atoms with Gasteiger partial charge in [0.05, 0.1) is 0 Å². The van der Waals surface area contributed by atoms with Crippen molar-refractivity contribution in [3.63, 3.8) is 0 Å². The fourth-order valence-corrected chi connectivity index (χ4v) is 2.09. The molecule has 0 aromatic heterocycles. The molecular weight excluding hydrogens is 366 g/mol. The van der Waals surface area contributed by atoms with Gasteiger partial charge in [0.1, 0.15) is 24.2 Å². The van der Waals surface area contributed by atoms with Crippen molar-refractivity contribution in [3.05, 3.63) is 35.9 Å². The van der Waals surface area contributed by atoms with Crippen LogP contribution in [-0.4, -0.2) is 55.5 Å². The molecule has 0 aliphatic rings. The number of carbonyl (C=O) groups is 3. The molecule has 0 radical (unpaired) electrons. The molecule has 10 heteroatoms. The number of rotatable bonds is 9. The maximum Gasteiger partial charge on any atom is 0.245 e. The molecule has 0 aliphatic heterocycles. The Kier molecular flexibility index (Phi) is 9.44. The van der Waals surface area contributed by atoms with Crippen LogP contribution in [0.5, 0.6) is 0 Å². The summed E-state index contributed by atoms with van der Waals surface area (Å²) in [5.41, 5.74) is 6.31. The van der Waals surface area contributed by atoms with Crippen LogP contribution in [0.2, 0.25) is 0 Å². The summed E-state index contributed by atoms with van der Waals surface area (Å²) in [5, 5.41) is 19.0. The summed E-state index contributed by atoms with van der Waals surface area (Å²) in [6, 6.07) is 6.07. The molecule has 3 unspecified atom stereocenters. The van der Waals surface area contributed by atoms with Crippen LogP contribution in [0.25, 0.3) is 0 Å². The van der Waals surface area contributed by atoms with E-state index in [1.807, 2.05) is 6.07 Å². The average Bonchev–Trinajstić information content (AvgIpc) is 2.69. The summed E-state index contributed by atoms with van der Waals surface area (Å²) >= 11 is 0. The highest BCUT2D eigenvalue weighted by molar-refractivity contribution is 5.93. The first-order valence-electron chi connectivity index (χ1n) is 8.72. The zero-order chi connectivity index (χ0) is 21.1. The summed E-state index contributed by atoms with van der Waals surface area (Å²) in [6.45, 7) is 2.72. The van der Waals surface area contributed by atoms with E-state index in [0.717, 1.165) is 5.56 Å². The maximum atomic E-state index is 12.2. The van der Waals surface area contributed by atoms with Gasteiger partial charge in [0.2, 0.25) is 17.7 Å². The molecule has 1 rings (SSSR count). The van der Waals surface area contributed by atoms with Crippen molar-refractivity contribution in [1.29, 1.82) is 0 Å². The van der Waals surface area contributed by atoms with Gasteiger partial charge in [0.25, 0.3) is 0 Å². The Morgan fingerprint density at radius 3 is 2.32 bits per heavy atom. The Balaban J connectivity index is 2.57. The summed E-state index contributed by atoms with van der Waals surface area (Å²) in [4.78, 5) is 39.4. The topological polar surface area (TPSA) is 158 Å². The van der Waals surface area contributed by atoms with Crippen molar-refractivity contribution >= 4 is 23.8 Å². The average molecular weight is 392 g/mol. The molecule has 3 atom stereocenters. The number of likely N-dealkylation sites (N-methyl/N-ethyl adjacent to an activating group) is 1. The summed E-state index contributed by atoms with van der Waals surface area (Å²) < 4.78 is 4.98. The van der Waals surface area contributed by atoms with Gasteiger partial charge in [-0.15, -0.1) is 0 Å². The number of nitrogens with one attached hydrogen (secondary N) is 3. The molecule has 1 aromatic rings. The molecule has 0 bridgehead atoms. The molecule has 3 amide bonds. The van der Waals surface area contributed by atoms with E-state index >= 15 is 0 Å². The molecule has 5 N–H and O–H groups in total. The van der Waals surface area contributed by atoms with Gasteiger partial charge in [-0.05, 0) is 19.4 Å². The van der Waals surface area contributed by atoms with Crippen LogP contribution in [0.4, 0.5) is 0 Å². The van der Waals surface area contributed by atoms with Crippen molar-refractivity contribution in [2.45, 2.75) is 38.6 Å². The van der Waals surface area contributed by atoms with Crippen LogP contribution >= 0.6 is 0 Å². The molecular formula is C18H26N5O5-. The fraction of sp³-hybridized carbons (Fsp3) is 0.444. The van der Waals surface area contributed by atoms with E-state index < -0.39 is 36.0 Å². The minimum atomic E-state index is -1.08. The van der Waals surface area contributed by atoms with Gasteiger partial charge in [-0.3, -0.25) is 19.4 Å². The first kappa shape index (κ1) is 22.9. The lowest BCUT2D eigenvalue weighted by atomic mass is 10.2. The zero-order valence-corrected chi connectivity index (χ0v) is 16.1. The van der Waals surface area contributed by atoms with E-state index in [2.05, 4.69) is 20.9 Å². The second kappa shape index (κ2) is 11.5. The quantitative estimate of drug-likeness (QED) is 0.281. The Morgan fingerprint density at radius 2 is 1.75 bits per heavy atom. The molecule has 0 saturated heterocycles.